The van der Waals surface area contributed by atoms with Crippen LogP contribution >= 0.6 is 0 Å². The van der Waals surface area contributed by atoms with Crippen LogP contribution in [0.15, 0.2) is 6.20 Å². The first kappa shape index (κ1) is 13.2. The summed E-state index contributed by atoms with van der Waals surface area (Å²) in [6.45, 7) is 4.37. The van der Waals surface area contributed by atoms with Gasteiger partial charge in [-0.25, -0.2) is 0 Å². The van der Waals surface area contributed by atoms with E-state index in [2.05, 4.69) is 25.1 Å². The van der Waals surface area contributed by atoms with E-state index < -0.39 is 0 Å². The van der Waals surface area contributed by atoms with Crippen LogP contribution in [0.4, 0.5) is 0 Å². The van der Waals surface area contributed by atoms with Gasteiger partial charge in [-0.05, 0) is 12.8 Å². The Hall–Kier alpha value is -0.830. The van der Waals surface area contributed by atoms with Crippen molar-refractivity contribution in [3.05, 3.63) is 17.5 Å². The topological polar surface area (TPSA) is 43.8 Å². The fourth-order valence-corrected chi connectivity index (χ4v) is 2.08. The summed E-state index contributed by atoms with van der Waals surface area (Å²) in [4.78, 5) is 0. The Morgan fingerprint density at radius 1 is 1.31 bits per heavy atom. The molecule has 92 valence electrons. The summed E-state index contributed by atoms with van der Waals surface area (Å²) in [5.41, 5.74) is 8.61. The zero-order valence-electron chi connectivity index (χ0n) is 10.9. The molecule has 0 aromatic carbocycles. The Balaban J connectivity index is 2.48. The zero-order valence-corrected chi connectivity index (χ0v) is 10.9. The summed E-state index contributed by atoms with van der Waals surface area (Å²) in [5, 5.41) is 4.43. The van der Waals surface area contributed by atoms with Crippen molar-refractivity contribution in [2.45, 2.75) is 58.4 Å². The second-order valence-corrected chi connectivity index (χ2v) is 4.51. The maximum absolute atomic E-state index is 6.21. The van der Waals surface area contributed by atoms with Crippen molar-refractivity contribution < 1.29 is 0 Å². The van der Waals surface area contributed by atoms with E-state index in [1.807, 2.05) is 11.7 Å². The molecule has 1 aromatic heterocycles. The van der Waals surface area contributed by atoms with Gasteiger partial charge >= 0.3 is 0 Å². The average molecular weight is 223 g/mol. The lowest BCUT2D eigenvalue weighted by Crippen LogP contribution is -2.11. The van der Waals surface area contributed by atoms with Crippen LogP contribution in [0.3, 0.4) is 0 Å². The standard InChI is InChI=1S/C13H25N3/c1-4-6-7-8-9-12(14)11-10-16(3)15-13(11)5-2/h10,12H,4-9,14H2,1-3H3. The third-order valence-corrected chi connectivity index (χ3v) is 3.04. The predicted octanol–water partition coefficient (Wildman–Crippen LogP) is 2.95. The molecule has 1 unspecified atom stereocenters. The van der Waals surface area contributed by atoms with Crippen LogP contribution in [0.25, 0.3) is 0 Å². The minimum absolute atomic E-state index is 0.167. The molecule has 2 N–H and O–H groups in total. The van der Waals surface area contributed by atoms with Gasteiger partial charge in [0, 0.05) is 24.8 Å². The molecule has 3 nitrogen and oxygen atoms in total. The second kappa shape index (κ2) is 6.69. The summed E-state index contributed by atoms with van der Waals surface area (Å²) in [6, 6.07) is 0.167. The monoisotopic (exact) mass is 223 g/mol. The van der Waals surface area contributed by atoms with Crippen LogP contribution < -0.4 is 5.73 Å². The molecule has 0 aliphatic rings. The number of nitrogens with two attached hydrogens (primary N) is 1. The number of unbranched alkanes of at least 4 members (excludes halogenated alkanes) is 3. The Labute approximate surface area is 99.0 Å². The predicted molar refractivity (Wildman–Crippen MR) is 68.3 cm³/mol. The molecule has 1 aromatic rings. The van der Waals surface area contributed by atoms with E-state index in [0.29, 0.717) is 0 Å². The Bertz CT molecular complexity index is 304. The van der Waals surface area contributed by atoms with Crippen molar-refractivity contribution in [1.82, 2.24) is 9.78 Å². The summed E-state index contributed by atoms with van der Waals surface area (Å²) in [5.74, 6) is 0. The number of aryl methyl sites for hydroxylation is 2. The van der Waals surface area contributed by atoms with Crippen molar-refractivity contribution in [2.24, 2.45) is 12.8 Å². The molecule has 0 radical (unpaired) electrons. The summed E-state index contributed by atoms with van der Waals surface area (Å²) in [7, 11) is 1.96. The zero-order chi connectivity index (χ0) is 12.0. The third kappa shape index (κ3) is 3.63. The SMILES string of the molecule is CCCCCCC(N)c1cn(C)nc1CC. The molecule has 0 saturated heterocycles. The molecule has 1 atom stereocenters. The lowest BCUT2D eigenvalue weighted by molar-refractivity contribution is 0.563. The highest BCUT2D eigenvalue weighted by atomic mass is 15.3. The minimum atomic E-state index is 0.167. The second-order valence-electron chi connectivity index (χ2n) is 4.51. The Morgan fingerprint density at radius 3 is 2.69 bits per heavy atom. The number of aromatic nitrogens is 2. The molecule has 0 spiro atoms. The van der Waals surface area contributed by atoms with Crippen LogP contribution in [0.2, 0.25) is 0 Å². The van der Waals surface area contributed by atoms with Gasteiger partial charge in [0.1, 0.15) is 0 Å². The Kier molecular flexibility index (Phi) is 5.53. The van der Waals surface area contributed by atoms with E-state index in [0.717, 1.165) is 18.5 Å². The van der Waals surface area contributed by atoms with Gasteiger partial charge in [-0.15, -0.1) is 0 Å². The normalized spacial score (nSPS) is 13.0. The molecule has 0 bridgehead atoms. The summed E-state index contributed by atoms with van der Waals surface area (Å²) >= 11 is 0. The van der Waals surface area contributed by atoms with E-state index >= 15 is 0 Å². The van der Waals surface area contributed by atoms with Gasteiger partial charge in [0.2, 0.25) is 0 Å². The minimum Gasteiger partial charge on any atom is -0.324 e. The van der Waals surface area contributed by atoms with E-state index in [-0.39, 0.29) is 6.04 Å². The number of hydrogen-bond acceptors (Lipinski definition) is 2. The van der Waals surface area contributed by atoms with Gasteiger partial charge in [0.25, 0.3) is 0 Å². The number of hydrogen-bond donors (Lipinski definition) is 1. The lowest BCUT2D eigenvalue weighted by atomic mass is 10.0. The van der Waals surface area contributed by atoms with Gasteiger partial charge in [0.05, 0.1) is 5.69 Å². The first-order valence-corrected chi connectivity index (χ1v) is 6.47. The molecular weight excluding hydrogens is 198 g/mol. The van der Waals surface area contributed by atoms with Crippen LogP contribution in [0.1, 0.15) is 63.3 Å². The van der Waals surface area contributed by atoms with E-state index in [9.17, 15) is 0 Å². The molecular formula is C13H25N3. The van der Waals surface area contributed by atoms with Crippen molar-refractivity contribution in [3.63, 3.8) is 0 Å². The molecule has 0 aliphatic heterocycles. The highest BCUT2D eigenvalue weighted by molar-refractivity contribution is 5.20. The largest absolute Gasteiger partial charge is 0.324 e. The van der Waals surface area contributed by atoms with E-state index in [1.54, 1.807) is 0 Å². The van der Waals surface area contributed by atoms with E-state index in [1.165, 1.54) is 31.2 Å². The Morgan fingerprint density at radius 2 is 2.06 bits per heavy atom. The first-order chi connectivity index (χ1) is 7.69. The van der Waals surface area contributed by atoms with Gasteiger partial charge in [-0.2, -0.15) is 5.10 Å². The molecule has 0 fully saturated rings. The third-order valence-electron chi connectivity index (χ3n) is 3.04. The smallest absolute Gasteiger partial charge is 0.0669 e. The van der Waals surface area contributed by atoms with Crippen LogP contribution in [0, 0.1) is 0 Å². The average Bonchev–Trinajstić information content (AvgIpc) is 2.65. The van der Waals surface area contributed by atoms with Gasteiger partial charge in [-0.1, -0.05) is 39.5 Å². The molecule has 3 heteroatoms. The van der Waals surface area contributed by atoms with Gasteiger partial charge in [0.15, 0.2) is 0 Å². The molecule has 0 amide bonds. The molecule has 16 heavy (non-hydrogen) atoms. The maximum Gasteiger partial charge on any atom is 0.0669 e. The molecule has 0 aliphatic carbocycles. The molecule has 1 heterocycles. The van der Waals surface area contributed by atoms with Crippen LogP contribution in [-0.2, 0) is 13.5 Å². The van der Waals surface area contributed by atoms with Crippen molar-refractivity contribution >= 4 is 0 Å². The molecule has 0 saturated carbocycles. The number of rotatable bonds is 7. The summed E-state index contributed by atoms with van der Waals surface area (Å²) < 4.78 is 1.88. The fraction of sp³-hybridized carbons (Fsp3) is 0.769. The van der Waals surface area contributed by atoms with Crippen molar-refractivity contribution in [1.29, 1.82) is 0 Å². The van der Waals surface area contributed by atoms with Crippen molar-refractivity contribution in [2.75, 3.05) is 0 Å². The van der Waals surface area contributed by atoms with Crippen molar-refractivity contribution in [3.8, 4) is 0 Å². The highest BCUT2D eigenvalue weighted by Gasteiger charge is 2.13. The lowest BCUT2D eigenvalue weighted by Gasteiger charge is -2.10. The van der Waals surface area contributed by atoms with Crippen LogP contribution in [-0.4, -0.2) is 9.78 Å². The fourth-order valence-electron chi connectivity index (χ4n) is 2.08. The van der Waals surface area contributed by atoms with Crippen LogP contribution in [0.5, 0.6) is 0 Å². The van der Waals surface area contributed by atoms with Gasteiger partial charge in [-0.3, -0.25) is 4.68 Å². The maximum atomic E-state index is 6.21. The first-order valence-electron chi connectivity index (χ1n) is 6.47. The van der Waals surface area contributed by atoms with E-state index in [4.69, 9.17) is 5.73 Å². The van der Waals surface area contributed by atoms with Gasteiger partial charge < -0.3 is 5.73 Å². The summed E-state index contributed by atoms with van der Waals surface area (Å²) in [6.07, 6.45) is 9.25. The highest BCUT2D eigenvalue weighted by Crippen LogP contribution is 2.20. The molecule has 1 rings (SSSR count). The quantitative estimate of drug-likeness (QED) is 0.722. The number of nitrogens with zero attached hydrogens (tertiary/aromatic N) is 2.